The molecule has 1 heterocycles. The molecule has 1 fully saturated rings. The van der Waals surface area contributed by atoms with Crippen LogP contribution in [0.1, 0.15) is 23.6 Å². The van der Waals surface area contributed by atoms with Crippen molar-refractivity contribution in [1.82, 2.24) is 15.5 Å². The van der Waals surface area contributed by atoms with E-state index < -0.39 is 0 Å². The Bertz CT molecular complexity index is 592. The van der Waals surface area contributed by atoms with Crippen LogP contribution in [0.15, 0.2) is 12.1 Å². The molecule has 0 unspecified atom stereocenters. The second-order valence-corrected chi connectivity index (χ2v) is 6.62. The highest BCUT2D eigenvalue weighted by Crippen LogP contribution is 2.21. The van der Waals surface area contributed by atoms with Crippen molar-refractivity contribution in [2.24, 2.45) is 0 Å². The molecule has 0 radical (unpaired) electrons. The van der Waals surface area contributed by atoms with Gasteiger partial charge in [-0.2, -0.15) is 0 Å². The Morgan fingerprint density at radius 1 is 1.21 bits per heavy atom. The molecule has 2 rings (SSSR count). The van der Waals surface area contributed by atoms with E-state index >= 15 is 0 Å². The average Bonchev–Trinajstić information content (AvgIpc) is 2.51. The number of nitrogens with zero attached hydrogens (tertiary/aromatic N) is 1. The van der Waals surface area contributed by atoms with E-state index in [4.69, 9.17) is 0 Å². The number of anilines is 1. The smallest absolute Gasteiger partial charge is 0.243 e. The Labute approximate surface area is 144 Å². The summed E-state index contributed by atoms with van der Waals surface area (Å²) in [4.78, 5) is 26.3. The number of aryl methyl sites for hydroxylation is 3. The highest BCUT2D eigenvalue weighted by molar-refractivity contribution is 5.96. The molecule has 0 saturated carbocycles. The van der Waals surface area contributed by atoms with Gasteiger partial charge in [-0.25, -0.2) is 0 Å². The summed E-state index contributed by atoms with van der Waals surface area (Å²) in [6.07, 6.45) is 0. The van der Waals surface area contributed by atoms with E-state index in [1.807, 2.05) is 32.9 Å². The molecule has 0 spiro atoms. The van der Waals surface area contributed by atoms with E-state index in [2.05, 4.69) is 27.8 Å². The van der Waals surface area contributed by atoms with Gasteiger partial charge in [0.2, 0.25) is 11.8 Å². The van der Waals surface area contributed by atoms with Crippen LogP contribution in [-0.2, 0) is 9.59 Å². The van der Waals surface area contributed by atoms with Crippen LogP contribution in [-0.4, -0.2) is 55.5 Å². The quantitative estimate of drug-likeness (QED) is 0.751. The second kappa shape index (κ2) is 8.26. The first kappa shape index (κ1) is 18.4. The summed E-state index contributed by atoms with van der Waals surface area (Å²) >= 11 is 0. The van der Waals surface area contributed by atoms with E-state index in [0.717, 1.165) is 36.4 Å². The zero-order valence-corrected chi connectivity index (χ0v) is 15.0. The van der Waals surface area contributed by atoms with Gasteiger partial charge in [-0.3, -0.25) is 14.5 Å². The lowest BCUT2D eigenvalue weighted by molar-refractivity contribution is -0.125. The fourth-order valence-corrected chi connectivity index (χ4v) is 3.10. The van der Waals surface area contributed by atoms with Crippen molar-refractivity contribution in [3.63, 3.8) is 0 Å². The molecule has 24 heavy (non-hydrogen) atoms. The van der Waals surface area contributed by atoms with Crippen LogP contribution >= 0.6 is 0 Å². The van der Waals surface area contributed by atoms with Gasteiger partial charge < -0.3 is 16.0 Å². The van der Waals surface area contributed by atoms with Crippen molar-refractivity contribution in [2.45, 2.75) is 33.7 Å². The minimum absolute atomic E-state index is 0.00788. The van der Waals surface area contributed by atoms with Crippen LogP contribution in [0.5, 0.6) is 0 Å². The van der Waals surface area contributed by atoms with Crippen molar-refractivity contribution in [3.8, 4) is 0 Å². The van der Waals surface area contributed by atoms with E-state index in [9.17, 15) is 9.59 Å². The molecule has 0 bridgehead atoms. The summed E-state index contributed by atoms with van der Waals surface area (Å²) in [6.45, 7) is 11.0. The minimum atomic E-state index is -0.202. The topological polar surface area (TPSA) is 73.5 Å². The molecule has 0 aliphatic carbocycles. The molecule has 132 valence electrons. The summed E-state index contributed by atoms with van der Waals surface area (Å²) in [5.41, 5.74) is 4.06. The number of nitrogens with one attached hydrogen (secondary N) is 3. The molecule has 1 aliphatic heterocycles. The van der Waals surface area contributed by atoms with Crippen LogP contribution in [0.4, 0.5) is 5.69 Å². The van der Waals surface area contributed by atoms with Crippen LogP contribution in [0.2, 0.25) is 0 Å². The Morgan fingerprint density at radius 3 is 2.50 bits per heavy atom. The third-order valence-electron chi connectivity index (χ3n) is 4.37. The minimum Gasteiger partial charge on any atom is -0.346 e. The number of amides is 2. The summed E-state index contributed by atoms with van der Waals surface area (Å²) < 4.78 is 0. The largest absolute Gasteiger partial charge is 0.346 e. The summed E-state index contributed by atoms with van der Waals surface area (Å²) in [6, 6.07) is 4.40. The first-order chi connectivity index (χ1) is 11.4. The average molecular weight is 332 g/mol. The molecule has 1 atom stereocenters. The Kier molecular flexibility index (Phi) is 6.34. The van der Waals surface area contributed by atoms with E-state index in [0.29, 0.717) is 12.6 Å². The van der Waals surface area contributed by atoms with Crippen LogP contribution in [0.25, 0.3) is 0 Å². The monoisotopic (exact) mass is 332 g/mol. The van der Waals surface area contributed by atoms with E-state index in [1.165, 1.54) is 5.56 Å². The van der Waals surface area contributed by atoms with Gasteiger partial charge in [0, 0.05) is 31.4 Å². The van der Waals surface area contributed by atoms with Crippen LogP contribution in [0.3, 0.4) is 0 Å². The predicted octanol–water partition coefficient (Wildman–Crippen LogP) is 0.960. The maximum Gasteiger partial charge on any atom is 0.243 e. The Morgan fingerprint density at radius 2 is 1.88 bits per heavy atom. The first-order valence-corrected chi connectivity index (χ1v) is 8.46. The number of hydrogen-bond acceptors (Lipinski definition) is 4. The summed E-state index contributed by atoms with van der Waals surface area (Å²) in [5, 5.41) is 8.90. The maximum atomic E-state index is 12.1. The molecule has 1 aromatic rings. The molecule has 2 amide bonds. The van der Waals surface area contributed by atoms with Gasteiger partial charge in [-0.15, -0.1) is 0 Å². The summed E-state index contributed by atoms with van der Waals surface area (Å²) in [5.74, 6) is -0.317. The highest BCUT2D eigenvalue weighted by atomic mass is 16.2. The van der Waals surface area contributed by atoms with Gasteiger partial charge in [-0.05, 0) is 38.8 Å². The molecule has 6 nitrogen and oxygen atoms in total. The number of hydrogen-bond donors (Lipinski definition) is 3. The van der Waals surface area contributed by atoms with Crippen molar-refractivity contribution < 1.29 is 9.59 Å². The number of rotatable bonds is 5. The second-order valence-electron chi connectivity index (χ2n) is 6.62. The lowest BCUT2D eigenvalue weighted by atomic mass is 10.1. The molecule has 3 N–H and O–H groups in total. The van der Waals surface area contributed by atoms with Crippen LogP contribution in [0, 0.1) is 20.8 Å². The van der Waals surface area contributed by atoms with E-state index in [-0.39, 0.29) is 18.4 Å². The Hall–Kier alpha value is -1.92. The van der Waals surface area contributed by atoms with Crippen molar-refractivity contribution >= 4 is 17.5 Å². The first-order valence-electron chi connectivity index (χ1n) is 8.46. The molecule has 6 heteroatoms. The fraction of sp³-hybridized carbons (Fsp3) is 0.556. The fourth-order valence-electron chi connectivity index (χ4n) is 3.10. The molecular weight excluding hydrogens is 304 g/mol. The van der Waals surface area contributed by atoms with Gasteiger partial charge in [0.05, 0.1) is 13.1 Å². The molecule has 0 aromatic heterocycles. The van der Waals surface area contributed by atoms with Gasteiger partial charge in [0.15, 0.2) is 0 Å². The van der Waals surface area contributed by atoms with Gasteiger partial charge in [-0.1, -0.05) is 17.7 Å². The number of piperazine rings is 1. The third kappa shape index (κ3) is 5.04. The molecular formula is C18H28N4O2. The number of carbonyl (C=O) groups excluding carboxylic acids is 2. The molecule has 1 saturated heterocycles. The maximum absolute atomic E-state index is 12.1. The predicted molar refractivity (Wildman–Crippen MR) is 96.2 cm³/mol. The van der Waals surface area contributed by atoms with Crippen molar-refractivity contribution in [2.75, 3.05) is 38.0 Å². The van der Waals surface area contributed by atoms with Crippen LogP contribution < -0.4 is 16.0 Å². The lowest BCUT2D eigenvalue weighted by Crippen LogP contribution is -2.53. The van der Waals surface area contributed by atoms with Crippen molar-refractivity contribution in [1.29, 1.82) is 0 Å². The van der Waals surface area contributed by atoms with Gasteiger partial charge in [0.1, 0.15) is 0 Å². The number of benzene rings is 1. The SMILES string of the molecule is Cc1cc(C)c(NC(=O)CNC(=O)CN2CCNC[C@@H]2C)c(C)c1. The van der Waals surface area contributed by atoms with Gasteiger partial charge in [0.25, 0.3) is 0 Å². The highest BCUT2D eigenvalue weighted by Gasteiger charge is 2.20. The third-order valence-corrected chi connectivity index (χ3v) is 4.37. The van der Waals surface area contributed by atoms with E-state index in [1.54, 1.807) is 0 Å². The van der Waals surface area contributed by atoms with Gasteiger partial charge >= 0.3 is 0 Å². The molecule has 1 aromatic carbocycles. The van der Waals surface area contributed by atoms with Crippen molar-refractivity contribution in [3.05, 3.63) is 28.8 Å². The normalized spacial score (nSPS) is 18.2. The zero-order chi connectivity index (χ0) is 17.7. The molecule has 1 aliphatic rings. The summed E-state index contributed by atoms with van der Waals surface area (Å²) in [7, 11) is 0. The lowest BCUT2D eigenvalue weighted by Gasteiger charge is -2.33. The zero-order valence-electron chi connectivity index (χ0n) is 15.0. The standard InChI is InChI=1S/C18H28N4O2/c1-12-7-13(2)18(14(3)8-12)21-16(23)10-20-17(24)11-22-6-5-19-9-15(22)4/h7-8,15,19H,5-6,9-11H2,1-4H3,(H,20,24)(H,21,23)/t15-/m0/s1. The Balaban J connectivity index is 1.82. The number of carbonyl (C=O) groups is 2.